The van der Waals surface area contributed by atoms with Crippen molar-refractivity contribution in [2.45, 2.75) is 26.4 Å². The van der Waals surface area contributed by atoms with Crippen LogP contribution >= 0.6 is 0 Å². The monoisotopic (exact) mass is 512 g/mol. The molecule has 4 heterocycles. The van der Waals surface area contributed by atoms with E-state index in [0.29, 0.717) is 23.4 Å². The molecule has 0 amide bonds. The second-order valence-electron chi connectivity index (χ2n) is 8.53. The molecule has 5 rings (SSSR count). The Morgan fingerprint density at radius 1 is 0.895 bits per heavy atom. The minimum absolute atomic E-state index is 0.00699. The standard InChI is InChI=1S/C27H24N6O5/c1-3-14-30-21(16-23(35)31(27(30)37)17-24(36)38-2)33-22(34)13-12-19(28-33)25-20-11-7-8-15-32(20)29-26(25)18-9-5-4-6-10-18/h4-13,15-16H,3,14,17H2,1-2H3. The Morgan fingerprint density at radius 2 is 1.66 bits per heavy atom. The summed E-state index contributed by atoms with van der Waals surface area (Å²) in [6, 6.07) is 19.3. The van der Waals surface area contributed by atoms with Crippen LogP contribution in [0.5, 0.6) is 0 Å². The molecule has 0 saturated carbocycles. The van der Waals surface area contributed by atoms with Gasteiger partial charge in [-0.2, -0.15) is 14.9 Å². The predicted molar refractivity (Wildman–Crippen MR) is 140 cm³/mol. The predicted octanol–water partition coefficient (Wildman–Crippen LogP) is 2.12. The molecule has 0 fully saturated rings. The smallest absolute Gasteiger partial charge is 0.333 e. The molecule has 192 valence electrons. The molecule has 0 N–H and O–H groups in total. The number of esters is 1. The van der Waals surface area contributed by atoms with Gasteiger partial charge in [-0.1, -0.05) is 43.3 Å². The van der Waals surface area contributed by atoms with Crippen LogP contribution in [0.4, 0.5) is 0 Å². The Bertz CT molecular complexity index is 1830. The summed E-state index contributed by atoms with van der Waals surface area (Å²) in [6.07, 6.45) is 2.35. The first-order chi connectivity index (χ1) is 18.4. The molecule has 0 bridgehead atoms. The van der Waals surface area contributed by atoms with Crippen molar-refractivity contribution in [2.24, 2.45) is 0 Å². The molecule has 11 nitrogen and oxygen atoms in total. The molecule has 5 aromatic rings. The average molecular weight is 513 g/mol. The number of fused-ring (bicyclic) bond motifs is 1. The lowest BCUT2D eigenvalue weighted by Crippen LogP contribution is -2.44. The van der Waals surface area contributed by atoms with Crippen LogP contribution in [0.3, 0.4) is 0 Å². The largest absolute Gasteiger partial charge is 0.468 e. The van der Waals surface area contributed by atoms with Crippen LogP contribution in [-0.2, 0) is 22.6 Å². The molecule has 0 saturated heterocycles. The first-order valence-corrected chi connectivity index (χ1v) is 12.0. The summed E-state index contributed by atoms with van der Waals surface area (Å²) < 4.78 is 9.42. The lowest BCUT2D eigenvalue weighted by molar-refractivity contribution is -0.141. The molecular weight excluding hydrogens is 488 g/mol. The van der Waals surface area contributed by atoms with Gasteiger partial charge in [-0.25, -0.2) is 13.9 Å². The Kier molecular flexibility index (Phi) is 6.56. The quantitative estimate of drug-likeness (QED) is 0.306. The fourth-order valence-electron chi connectivity index (χ4n) is 4.31. The van der Waals surface area contributed by atoms with Crippen molar-refractivity contribution >= 4 is 11.5 Å². The van der Waals surface area contributed by atoms with E-state index < -0.39 is 29.3 Å². The molecular formula is C27H24N6O5. The first kappa shape index (κ1) is 24.6. The van der Waals surface area contributed by atoms with Gasteiger partial charge in [-0.05, 0) is 24.6 Å². The van der Waals surface area contributed by atoms with E-state index in [2.05, 4.69) is 9.84 Å². The molecule has 0 unspecified atom stereocenters. The van der Waals surface area contributed by atoms with Gasteiger partial charge in [0.1, 0.15) is 18.1 Å². The van der Waals surface area contributed by atoms with E-state index in [0.717, 1.165) is 26.4 Å². The summed E-state index contributed by atoms with van der Waals surface area (Å²) in [5.74, 6) is -0.730. The van der Waals surface area contributed by atoms with Crippen molar-refractivity contribution in [2.75, 3.05) is 7.11 Å². The number of benzene rings is 1. The molecule has 0 aliphatic rings. The number of aromatic nitrogens is 6. The third-order valence-corrected chi connectivity index (χ3v) is 6.08. The second kappa shape index (κ2) is 10.1. The van der Waals surface area contributed by atoms with Crippen molar-refractivity contribution in [3.63, 3.8) is 0 Å². The van der Waals surface area contributed by atoms with Crippen LogP contribution in [0.1, 0.15) is 13.3 Å². The van der Waals surface area contributed by atoms with Crippen molar-refractivity contribution in [1.29, 1.82) is 0 Å². The van der Waals surface area contributed by atoms with Gasteiger partial charge >= 0.3 is 11.7 Å². The molecule has 1 aromatic carbocycles. The van der Waals surface area contributed by atoms with E-state index >= 15 is 0 Å². The number of rotatable bonds is 7. The van der Waals surface area contributed by atoms with Crippen LogP contribution in [0.2, 0.25) is 0 Å². The lowest BCUT2D eigenvalue weighted by Gasteiger charge is -2.15. The number of carbonyl (C=O) groups excluding carboxylic acids is 1. The molecule has 0 spiro atoms. The van der Waals surface area contributed by atoms with Crippen molar-refractivity contribution in [3.05, 3.63) is 104 Å². The highest BCUT2D eigenvalue weighted by Crippen LogP contribution is 2.33. The third-order valence-electron chi connectivity index (χ3n) is 6.08. The fraction of sp³-hybridized carbons (Fsp3) is 0.185. The van der Waals surface area contributed by atoms with Gasteiger partial charge in [-0.3, -0.25) is 19.0 Å². The summed E-state index contributed by atoms with van der Waals surface area (Å²) in [4.78, 5) is 50.9. The van der Waals surface area contributed by atoms with Gasteiger partial charge in [0.15, 0.2) is 0 Å². The Labute approximate surface area is 215 Å². The summed E-state index contributed by atoms with van der Waals surface area (Å²) in [7, 11) is 1.17. The fourth-order valence-corrected chi connectivity index (χ4v) is 4.31. The van der Waals surface area contributed by atoms with Crippen molar-refractivity contribution in [1.82, 2.24) is 28.5 Å². The highest BCUT2D eigenvalue weighted by atomic mass is 16.5. The van der Waals surface area contributed by atoms with Crippen molar-refractivity contribution < 1.29 is 9.53 Å². The summed E-state index contributed by atoms with van der Waals surface area (Å²) in [5.41, 5.74) is 1.40. The molecule has 0 aliphatic carbocycles. The number of methoxy groups -OCH3 is 1. The Balaban J connectivity index is 1.76. The zero-order valence-corrected chi connectivity index (χ0v) is 20.8. The molecule has 0 atom stereocenters. The van der Waals surface area contributed by atoms with Crippen molar-refractivity contribution in [3.8, 4) is 28.3 Å². The highest BCUT2D eigenvalue weighted by Gasteiger charge is 2.21. The molecule has 38 heavy (non-hydrogen) atoms. The van der Waals surface area contributed by atoms with Crippen LogP contribution in [0.15, 0.2) is 87.3 Å². The first-order valence-electron chi connectivity index (χ1n) is 12.0. The minimum atomic E-state index is -0.747. The minimum Gasteiger partial charge on any atom is -0.468 e. The summed E-state index contributed by atoms with van der Waals surface area (Å²) >= 11 is 0. The van der Waals surface area contributed by atoms with Gasteiger partial charge in [0.25, 0.3) is 11.1 Å². The maximum atomic E-state index is 13.2. The van der Waals surface area contributed by atoms with Gasteiger partial charge in [0.2, 0.25) is 0 Å². The molecule has 11 heteroatoms. The number of ether oxygens (including phenoxy) is 1. The Hall–Kier alpha value is -5.06. The van der Waals surface area contributed by atoms with E-state index in [1.807, 2.05) is 61.7 Å². The number of pyridine rings is 1. The average Bonchev–Trinajstić information content (AvgIpc) is 3.33. The van der Waals surface area contributed by atoms with Crippen LogP contribution < -0.4 is 16.8 Å². The highest BCUT2D eigenvalue weighted by molar-refractivity contribution is 5.90. The molecule has 0 radical (unpaired) electrons. The number of hydrogen-bond acceptors (Lipinski definition) is 7. The van der Waals surface area contributed by atoms with Crippen LogP contribution in [0.25, 0.3) is 33.8 Å². The normalized spacial score (nSPS) is 11.1. The van der Waals surface area contributed by atoms with Crippen LogP contribution in [-0.4, -0.2) is 41.6 Å². The SMILES string of the molecule is CCCn1c(-n2nc(-c3c(-c4ccccc4)nn4ccccc34)ccc2=O)cc(=O)n(CC(=O)OC)c1=O. The van der Waals surface area contributed by atoms with Gasteiger partial charge in [0.05, 0.1) is 23.9 Å². The zero-order chi connectivity index (χ0) is 26.8. The van der Waals surface area contributed by atoms with E-state index in [1.165, 1.54) is 17.7 Å². The summed E-state index contributed by atoms with van der Waals surface area (Å²) in [5, 5.41) is 9.35. The van der Waals surface area contributed by atoms with E-state index in [9.17, 15) is 19.2 Å². The number of carbonyl (C=O) groups is 1. The number of nitrogens with zero attached hydrogens (tertiary/aromatic N) is 6. The van der Waals surface area contributed by atoms with E-state index in [1.54, 1.807) is 10.6 Å². The van der Waals surface area contributed by atoms with Gasteiger partial charge in [0, 0.05) is 30.4 Å². The zero-order valence-electron chi connectivity index (χ0n) is 20.8. The third kappa shape index (κ3) is 4.34. The maximum Gasteiger partial charge on any atom is 0.333 e. The topological polar surface area (TPSA) is 122 Å². The second-order valence-corrected chi connectivity index (χ2v) is 8.53. The van der Waals surface area contributed by atoms with Crippen LogP contribution in [0, 0.1) is 0 Å². The van der Waals surface area contributed by atoms with E-state index in [4.69, 9.17) is 5.10 Å². The maximum absolute atomic E-state index is 13.2. The molecule has 4 aromatic heterocycles. The Morgan fingerprint density at radius 3 is 2.39 bits per heavy atom. The van der Waals surface area contributed by atoms with E-state index in [-0.39, 0.29) is 12.4 Å². The summed E-state index contributed by atoms with van der Waals surface area (Å²) in [6.45, 7) is 1.51. The lowest BCUT2D eigenvalue weighted by atomic mass is 10.0. The van der Waals surface area contributed by atoms with Gasteiger partial charge < -0.3 is 4.74 Å². The molecule has 0 aliphatic heterocycles. The van der Waals surface area contributed by atoms with Gasteiger partial charge in [-0.15, -0.1) is 0 Å². The number of hydrogen-bond donors (Lipinski definition) is 0.